The molecule has 6 nitrogen and oxygen atoms in total. The Kier molecular flexibility index (Phi) is 10.7. The molecule has 0 heterocycles. The maximum Gasteiger partial charge on any atom is 1.00 e. The number of hydrogen-bond acceptors (Lipinski definition) is 5. The van der Waals surface area contributed by atoms with E-state index in [0.29, 0.717) is 12.3 Å². The van der Waals surface area contributed by atoms with Crippen molar-refractivity contribution in [2.45, 2.75) is 20.8 Å². The molecule has 1 rings (SSSR count). The van der Waals surface area contributed by atoms with Gasteiger partial charge in [-0.25, -0.2) is 8.42 Å². The summed E-state index contributed by atoms with van der Waals surface area (Å²) in [6, 6.07) is 9.16. The number of carbonyl (C=O) groups excluding carboxylic acids is 1. The van der Waals surface area contributed by atoms with E-state index in [9.17, 15) is 17.8 Å². The summed E-state index contributed by atoms with van der Waals surface area (Å²) in [5, 5.41) is 0. The van der Waals surface area contributed by atoms with Crippen molar-refractivity contribution in [2.75, 3.05) is 25.5 Å². The molecular formula is C16H22NNaO5S. The van der Waals surface area contributed by atoms with Gasteiger partial charge in [-0.05, 0) is 26.3 Å². The molecule has 0 aliphatic carbocycles. The molecule has 0 fully saturated rings. The Morgan fingerprint density at radius 2 is 1.79 bits per heavy atom. The third-order valence-electron chi connectivity index (χ3n) is 3.06. The van der Waals surface area contributed by atoms with Crippen LogP contribution in [0.3, 0.4) is 0 Å². The van der Waals surface area contributed by atoms with Gasteiger partial charge in [0.1, 0.15) is 15.9 Å². The molecule has 0 radical (unpaired) electrons. The summed E-state index contributed by atoms with van der Waals surface area (Å²) in [6.07, 6.45) is 0. The molecule has 0 saturated heterocycles. The number of ether oxygens (including phenoxy) is 1. The van der Waals surface area contributed by atoms with Gasteiger partial charge in [-0.15, -0.1) is 0 Å². The van der Waals surface area contributed by atoms with Crippen molar-refractivity contribution in [3.8, 4) is 0 Å². The zero-order valence-electron chi connectivity index (χ0n) is 14.6. The van der Waals surface area contributed by atoms with E-state index in [0.717, 1.165) is 11.1 Å². The molecule has 0 aliphatic rings. The minimum absolute atomic E-state index is 0. The molecule has 1 aromatic rings. The van der Waals surface area contributed by atoms with Gasteiger partial charge in [0.25, 0.3) is 0 Å². The van der Waals surface area contributed by atoms with Gasteiger partial charge < -0.3 is 14.2 Å². The molecule has 0 unspecified atom stereocenters. The number of nitrogens with zero attached hydrogens (tertiary/aromatic N) is 1. The van der Waals surface area contributed by atoms with Gasteiger partial charge in [0.05, 0.1) is 6.61 Å². The van der Waals surface area contributed by atoms with Crippen LogP contribution >= 0.6 is 0 Å². The summed E-state index contributed by atoms with van der Waals surface area (Å²) >= 11 is 0. The average Bonchev–Trinajstić information content (AvgIpc) is 2.45. The smallest absolute Gasteiger partial charge is 0.748 e. The maximum absolute atomic E-state index is 12.3. The zero-order valence-corrected chi connectivity index (χ0v) is 17.4. The van der Waals surface area contributed by atoms with E-state index in [4.69, 9.17) is 4.74 Å². The molecule has 0 bridgehead atoms. The Labute approximate surface area is 165 Å². The van der Waals surface area contributed by atoms with E-state index in [1.165, 1.54) is 4.90 Å². The van der Waals surface area contributed by atoms with Crippen molar-refractivity contribution in [2.24, 2.45) is 0 Å². The van der Waals surface area contributed by atoms with Crippen LogP contribution in [0.15, 0.2) is 35.9 Å². The number of hydrogen-bond donors (Lipinski definition) is 0. The normalized spacial score (nSPS) is 10.7. The van der Waals surface area contributed by atoms with E-state index in [1.54, 1.807) is 0 Å². The van der Waals surface area contributed by atoms with Crippen molar-refractivity contribution in [3.63, 3.8) is 0 Å². The van der Waals surface area contributed by atoms with Crippen LogP contribution in [0.25, 0.3) is 5.70 Å². The van der Waals surface area contributed by atoms with Crippen LogP contribution in [0.5, 0.6) is 0 Å². The van der Waals surface area contributed by atoms with Gasteiger partial charge in [0.15, 0.2) is 0 Å². The fourth-order valence-corrected chi connectivity index (χ4v) is 2.66. The van der Waals surface area contributed by atoms with E-state index >= 15 is 0 Å². The number of allylic oxidation sites excluding steroid dienone is 1. The molecule has 24 heavy (non-hydrogen) atoms. The minimum atomic E-state index is -4.64. The summed E-state index contributed by atoms with van der Waals surface area (Å²) in [6.45, 7) is 6.40. The Hall–Kier alpha value is -0.700. The van der Waals surface area contributed by atoms with Crippen LogP contribution in [0, 0.1) is 0 Å². The second-order valence-corrected chi connectivity index (χ2v) is 6.56. The van der Waals surface area contributed by atoms with Crippen molar-refractivity contribution in [3.05, 3.63) is 41.5 Å². The van der Waals surface area contributed by atoms with Crippen molar-refractivity contribution < 1.29 is 52.1 Å². The van der Waals surface area contributed by atoms with Crippen LogP contribution in [0.2, 0.25) is 0 Å². The van der Waals surface area contributed by atoms with E-state index < -0.39 is 21.8 Å². The van der Waals surface area contributed by atoms with Gasteiger partial charge in [-0.2, -0.15) is 0 Å². The third kappa shape index (κ3) is 7.92. The molecule has 1 aromatic carbocycles. The first kappa shape index (κ1) is 23.3. The zero-order chi connectivity index (χ0) is 17.5. The Morgan fingerprint density at radius 1 is 1.21 bits per heavy atom. The molecule has 0 spiro atoms. The summed E-state index contributed by atoms with van der Waals surface area (Å²) in [7, 11) is -4.64. The average molecular weight is 363 g/mol. The second-order valence-electron chi connectivity index (χ2n) is 5.16. The topological polar surface area (TPSA) is 86.7 Å². The van der Waals surface area contributed by atoms with Crippen molar-refractivity contribution in [1.82, 2.24) is 4.90 Å². The Bertz CT molecular complexity index is 654. The molecule has 1 amide bonds. The van der Waals surface area contributed by atoms with Crippen LogP contribution in [-0.2, 0) is 19.6 Å². The summed E-state index contributed by atoms with van der Waals surface area (Å²) in [4.78, 5) is 13.6. The fraction of sp³-hybridized carbons (Fsp3) is 0.438. The standard InChI is InChI=1S/C16H23NO5S.Na/c1-4-22-11-10-17(15(18)12-23(19,20)21)16(13(2)3)14-8-6-5-7-9-14;/h5-9H,4,10-12H2,1-3H3,(H,19,20,21);/q;+1/p-1. The van der Waals surface area contributed by atoms with Gasteiger partial charge >= 0.3 is 29.6 Å². The predicted molar refractivity (Wildman–Crippen MR) is 87.5 cm³/mol. The van der Waals surface area contributed by atoms with Crippen molar-refractivity contribution in [1.29, 1.82) is 0 Å². The van der Waals surface area contributed by atoms with Gasteiger partial charge in [-0.3, -0.25) is 4.79 Å². The minimum Gasteiger partial charge on any atom is -0.748 e. The first-order chi connectivity index (χ1) is 10.8. The van der Waals surface area contributed by atoms with Crippen LogP contribution in [0.4, 0.5) is 0 Å². The fourth-order valence-electron chi connectivity index (χ4n) is 2.20. The quantitative estimate of drug-likeness (QED) is 0.331. The summed E-state index contributed by atoms with van der Waals surface area (Å²) in [5.74, 6) is -1.82. The molecule has 128 valence electrons. The number of amides is 1. The molecule has 0 atom stereocenters. The largest absolute Gasteiger partial charge is 1.00 e. The van der Waals surface area contributed by atoms with E-state index in [1.807, 2.05) is 51.1 Å². The summed E-state index contributed by atoms with van der Waals surface area (Å²) in [5.41, 5.74) is 2.21. The molecule has 0 aromatic heterocycles. The van der Waals surface area contributed by atoms with E-state index in [-0.39, 0.29) is 42.7 Å². The van der Waals surface area contributed by atoms with Crippen LogP contribution < -0.4 is 29.6 Å². The molecule has 0 N–H and O–H groups in total. The maximum atomic E-state index is 12.3. The molecule has 0 saturated carbocycles. The number of carbonyl (C=O) groups is 1. The van der Waals surface area contributed by atoms with Crippen molar-refractivity contribution >= 4 is 21.7 Å². The second kappa shape index (κ2) is 11.0. The van der Waals surface area contributed by atoms with Crippen LogP contribution in [0.1, 0.15) is 26.3 Å². The molecular weight excluding hydrogens is 341 g/mol. The van der Waals surface area contributed by atoms with Crippen LogP contribution in [-0.4, -0.2) is 49.3 Å². The van der Waals surface area contributed by atoms with E-state index in [2.05, 4.69) is 0 Å². The first-order valence-corrected chi connectivity index (χ1v) is 8.88. The van der Waals surface area contributed by atoms with Gasteiger partial charge in [0, 0.05) is 18.8 Å². The predicted octanol–water partition coefficient (Wildman–Crippen LogP) is -1.15. The number of rotatable bonds is 8. The summed E-state index contributed by atoms with van der Waals surface area (Å²) < 4.78 is 38.1. The Balaban J connectivity index is 0.00000529. The number of benzene rings is 1. The van der Waals surface area contributed by atoms with Gasteiger partial charge in [0.2, 0.25) is 5.91 Å². The molecule has 0 aliphatic heterocycles. The SMILES string of the molecule is CCOCCN(C(=O)CS(=O)(=O)[O-])C(=C(C)C)c1ccccc1.[Na+]. The third-order valence-corrected chi connectivity index (χ3v) is 3.66. The Morgan fingerprint density at radius 3 is 2.25 bits per heavy atom. The molecule has 8 heteroatoms. The van der Waals surface area contributed by atoms with Gasteiger partial charge in [-0.1, -0.05) is 35.9 Å². The monoisotopic (exact) mass is 363 g/mol. The first-order valence-electron chi connectivity index (χ1n) is 7.30.